The van der Waals surface area contributed by atoms with Gasteiger partial charge in [-0.25, -0.2) is 0 Å². The molecule has 0 fully saturated rings. The predicted molar refractivity (Wildman–Crippen MR) is 112 cm³/mol. The number of hydrogen-bond acceptors (Lipinski definition) is 2. The van der Waals surface area contributed by atoms with E-state index in [2.05, 4.69) is 5.32 Å². The van der Waals surface area contributed by atoms with Crippen molar-refractivity contribution >= 4 is 34.8 Å². The SMILES string of the molecule is O=C(Nc1ccc2c(c1)CCCN2C(=O)c1ccccc1)c1ccccc1Cl. The molecule has 4 nitrogen and oxygen atoms in total. The van der Waals surface area contributed by atoms with Crippen molar-refractivity contribution in [2.45, 2.75) is 12.8 Å². The highest BCUT2D eigenvalue weighted by Gasteiger charge is 2.24. The van der Waals surface area contributed by atoms with E-state index < -0.39 is 0 Å². The summed E-state index contributed by atoms with van der Waals surface area (Å²) in [6, 6.07) is 21.9. The number of amides is 2. The third kappa shape index (κ3) is 3.64. The number of nitrogens with zero attached hydrogens (tertiary/aromatic N) is 1. The number of rotatable bonds is 3. The molecule has 0 saturated carbocycles. The molecule has 1 aliphatic rings. The Morgan fingerprint density at radius 2 is 1.68 bits per heavy atom. The number of hydrogen-bond donors (Lipinski definition) is 1. The molecule has 1 aliphatic heterocycles. The monoisotopic (exact) mass is 390 g/mol. The number of anilines is 2. The van der Waals surface area contributed by atoms with Crippen LogP contribution in [0.5, 0.6) is 0 Å². The molecule has 3 aromatic carbocycles. The number of carbonyl (C=O) groups excluding carboxylic acids is 2. The van der Waals surface area contributed by atoms with Gasteiger partial charge in [0.25, 0.3) is 11.8 Å². The van der Waals surface area contributed by atoms with Crippen LogP contribution >= 0.6 is 11.6 Å². The van der Waals surface area contributed by atoms with E-state index in [1.165, 1.54) is 0 Å². The molecule has 0 saturated heterocycles. The Balaban J connectivity index is 1.58. The topological polar surface area (TPSA) is 49.4 Å². The van der Waals surface area contributed by atoms with Gasteiger partial charge in [-0.2, -0.15) is 0 Å². The van der Waals surface area contributed by atoms with Crippen LogP contribution < -0.4 is 10.2 Å². The van der Waals surface area contributed by atoms with Crippen molar-refractivity contribution in [2.75, 3.05) is 16.8 Å². The lowest BCUT2D eigenvalue weighted by atomic mass is 10.00. The van der Waals surface area contributed by atoms with Crippen molar-refractivity contribution in [3.8, 4) is 0 Å². The largest absolute Gasteiger partial charge is 0.322 e. The lowest BCUT2D eigenvalue weighted by Crippen LogP contribution is -2.35. The van der Waals surface area contributed by atoms with Crippen molar-refractivity contribution in [3.63, 3.8) is 0 Å². The number of nitrogens with one attached hydrogen (secondary N) is 1. The molecule has 28 heavy (non-hydrogen) atoms. The van der Waals surface area contributed by atoms with Crippen molar-refractivity contribution < 1.29 is 9.59 Å². The van der Waals surface area contributed by atoms with E-state index in [9.17, 15) is 9.59 Å². The lowest BCUT2D eigenvalue weighted by Gasteiger charge is -2.30. The molecule has 4 rings (SSSR count). The Morgan fingerprint density at radius 1 is 0.929 bits per heavy atom. The van der Waals surface area contributed by atoms with Gasteiger partial charge < -0.3 is 10.2 Å². The minimum Gasteiger partial charge on any atom is -0.322 e. The van der Waals surface area contributed by atoms with Gasteiger partial charge in [-0.3, -0.25) is 9.59 Å². The van der Waals surface area contributed by atoms with Gasteiger partial charge in [0.15, 0.2) is 0 Å². The first-order valence-electron chi connectivity index (χ1n) is 9.19. The molecule has 0 bridgehead atoms. The van der Waals surface area contributed by atoms with E-state index >= 15 is 0 Å². The molecule has 0 radical (unpaired) electrons. The summed E-state index contributed by atoms with van der Waals surface area (Å²) in [4.78, 5) is 27.2. The molecule has 1 heterocycles. The second-order valence-corrected chi connectivity index (χ2v) is 7.11. The standard InChI is InChI=1S/C23H19ClN2O2/c24-20-11-5-4-10-19(20)22(27)25-18-12-13-21-17(15-18)9-6-14-26(21)23(28)16-7-2-1-3-8-16/h1-5,7-8,10-13,15H,6,9,14H2,(H,25,27). The van der Waals surface area contributed by atoms with Crippen LogP contribution in [0.2, 0.25) is 5.02 Å². The van der Waals surface area contributed by atoms with E-state index in [0.717, 1.165) is 24.1 Å². The van der Waals surface area contributed by atoms with Crippen LogP contribution in [0, 0.1) is 0 Å². The summed E-state index contributed by atoms with van der Waals surface area (Å²) in [6.07, 6.45) is 1.75. The minimum atomic E-state index is -0.251. The number of carbonyl (C=O) groups is 2. The first-order chi connectivity index (χ1) is 13.6. The smallest absolute Gasteiger partial charge is 0.258 e. The maximum absolute atomic E-state index is 12.9. The molecular weight excluding hydrogens is 372 g/mol. The lowest BCUT2D eigenvalue weighted by molar-refractivity contribution is 0.0983. The maximum atomic E-state index is 12.9. The van der Waals surface area contributed by atoms with Crippen LogP contribution in [0.4, 0.5) is 11.4 Å². The zero-order chi connectivity index (χ0) is 19.5. The first-order valence-corrected chi connectivity index (χ1v) is 9.57. The van der Waals surface area contributed by atoms with E-state index in [0.29, 0.717) is 28.4 Å². The molecular formula is C23H19ClN2O2. The number of halogens is 1. The highest BCUT2D eigenvalue weighted by Crippen LogP contribution is 2.31. The zero-order valence-corrected chi connectivity index (χ0v) is 15.9. The quantitative estimate of drug-likeness (QED) is 0.669. The van der Waals surface area contributed by atoms with Gasteiger partial charge in [0.2, 0.25) is 0 Å². The Labute approximate surface area is 168 Å². The van der Waals surface area contributed by atoms with Crippen LogP contribution in [0.25, 0.3) is 0 Å². The van der Waals surface area contributed by atoms with Gasteiger partial charge in [0, 0.05) is 23.5 Å². The Hall–Kier alpha value is -3.11. The van der Waals surface area contributed by atoms with Gasteiger partial charge in [-0.1, -0.05) is 41.9 Å². The van der Waals surface area contributed by atoms with Crippen molar-refractivity contribution in [1.29, 1.82) is 0 Å². The van der Waals surface area contributed by atoms with Crippen molar-refractivity contribution in [3.05, 3.63) is 94.5 Å². The molecule has 0 aliphatic carbocycles. The predicted octanol–water partition coefficient (Wildman–Crippen LogP) is 5.19. The fourth-order valence-corrected chi connectivity index (χ4v) is 3.69. The van der Waals surface area contributed by atoms with Crippen molar-refractivity contribution in [1.82, 2.24) is 0 Å². The van der Waals surface area contributed by atoms with Crippen LogP contribution in [-0.4, -0.2) is 18.4 Å². The summed E-state index contributed by atoms with van der Waals surface area (Å²) in [6.45, 7) is 0.687. The minimum absolute atomic E-state index is 0.00518. The van der Waals surface area contributed by atoms with Crippen LogP contribution in [0.1, 0.15) is 32.7 Å². The normalized spacial score (nSPS) is 13.0. The van der Waals surface area contributed by atoms with Gasteiger partial charge in [-0.15, -0.1) is 0 Å². The number of aryl methyl sites for hydroxylation is 1. The highest BCUT2D eigenvalue weighted by atomic mass is 35.5. The van der Waals surface area contributed by atoms with E-state index in [-0.39, 0.29) is 11.8 Å². The summed E-state index contributed by atoms with van der Waals surface area (Å²) >= 11 is 6.11. The Bertz CT molecular complexity index is 1030. The van der Waals surface area contributed by atoms with Crippen molar-refractivity contribution in [2.24, 2.45) is 0 Å². The second kappa shape index (κ2) is 7.87. The third-order valence-electron chi connectivity index (χ3n) is 4.84. The molecule has 140 valence electrons. The third-order valence-corrected chi connectivity index (χ3v) is 5.17. The summed E-state index contributed by atoms with van der Waals surface area (Å²) in [7, 11) is 0. The fourth-order valence-electron chi connectivity index (χ4n) is 3.47. The van der Waals surface area contributed by atoms with E-state index in [1.54, 1.807) is 24.3 Å². The van der Waals surface area contributed by atoms with Crippen LogP contribution in [0.3, 0.4) is 0 Å². The molecule has 0 atom stereocenters. The van der Waals surface area contributed by atoms with E-state index in [4.69, 9.17) is 11.6 Å². The van der Waals surface area contributed by atoms with Crippen LogP contribution in [-0.2, 0) is 6.42 Å². The zero-order valence-electron chi connectivity index (χ0n) is 15.2. The molecule has 0 spiro atoms. The Kier molecular flexibility index (Phi) is 5.13. The molecule has 5 heteroatoms. The van der Waals surface area contributed by atoms with Gasteiger partial charge in [0.1, 0.15) is 0 Å². The summed E-state index contributed by atoms with van der Waals surface area (Å²) < 4.78 is 0. The molecule has 2 amide bonds. The number of benzene rings is 3. The summed E-state index contributed by atoms with van der Waals surface area (Å²) in [5.74, 6) is -0.256. The molecule has 3 aromatic rings. The first kappa shape index (κ1) is 18.3. The summed E-state index contributed by atoms with van der Waals surface area (Å²) in [5, 5.41) is 3.31. The number of fused-ring (bicyclic) bond motifs is 1. The Morgan fingerprint density at radius 3 is 2.46 bits per heavy atom. The van der Waals surface area contributed by atoms with Gasteiger partial charge in [0.05, 0.1) is 10.6 Å². The average Bonchev–Trinajstić information content (AvgIpc) is 2.73. The molecule has 0 aromatic heterocycles. The fraction of sp³-hybridized carbons (Fsp3) is 0.130. The van der Waals surface area contributed by atoms with Crippen LogP contribution in [0.15, 0.2) is 72.8 Å². The molecule has 1 N–H and O–H groups in total. The molecule has 0 unspecified atom stereocenters. The van der Waals surface area contributed by atoms with E-state index in [1.807, 2.05) is 53.4 Å². The highest BCUT2D eigenvalue weighted by molar-refractivity contribution is 6.34. The summed E-state index contributed by atoms with van der Waals surface area (Å²) in [5.41, 5.74) is 3.75. The maximum Gasteiger partial charge on any atom is 0.258 e. The second-order valence-electron chi connectivity index (χ2n) is 6.70. The average molecular weight is 391 g/mol. The van der Waals surface area contributed by atoms with Gasteiger partial charge >= 0.3 is 0 Å². The van der Waals surface area contributed by atoms with Gasteiger partial charge in [-0.05, 0) is 60.9 Å².